The van der Waals surface area contributed by atoms with Crippen LogP contribution in [0.4, 0.5) is 0 Å². The lowest BCUT2D eigenvalue weighted by Gasteiger charge is -2.07. The molecule has 1 heterocycles. The molecule has 1 aromatic heterocycles. The summed E-state index contributed by atoms with van der Waals surface area (Å²) < 4.78 is 5.21. The molecule has 2 N–H and O–H groups in total. The van der Waals surface area contributed by atoms with Gasteiger partial charge < -0.3 is 9.72 Å². The van der Waals surface area contributed by atoms with Crippen molar-refractivity contribution >= 4 is 11.6 Å². The van der Waals surface area contributed by atoms with Gasteiger partial charge in [-0.05, 0) is 13.8 Å². The van der Waals surface area contributed by atoms with Crippen molar-refractivity contribution < 1.29 is 4.74 Å². The largest absolute Gasteiger partial charge is 0.373 e. The third kappa shape index (κ3) is 2.71. The van der Waals surface area contributed by atoms with Crippen LogP contribution in [0.15, 0.2) is 9.59 Å². The topological polar surface area (TPSA) is 75.0 Å². The lowest BCUT2D eigenvalue weighted by molar-refractivity contribution is 0.0634. The second-order valence-electron chi connectivity index (χ2n) is 3.06. The van der Waals surface area contributed by atoms with Gasteiger partial charge in [0.05, 0.1) is 18.4 Å². The summed E-state index contributed by atoms with van der Waals surface area (Å²) >= 11 is 5.65. The monoisotopic (exact) mass is 218 g/mol. The molecule has 14 heavy (non-hydrogen) atoms. The van der Waals surface area contributed by atoms with Gasteiger partial charge in [0.15, 0.2) is 0 Å². The van der Waals surface area contributed by atoms with E-state index in [2.05, 4.69) is 4.98 Å². The van der Waals surface area contributed by atoms with E-state index in [1.165, 1.54) is 0 Å². The van der Waals surface area contributed by atoms with E-state index in [4.69, 9.17) is 16.3 Å². The number of hydrogen-bond donors (Lipinski definition) is 2. The second kappa shape index (κ2) is 4.43. The predicted molar refractivity (Wildman–Crippen MR) is 52.6 cm³/mol. The van der Waals surface area contributed by atoms with Crippen molar-refractivity contribution in [1.82, 2.24) is 9.97 Å². The maximum atomic E-state index is 11.0. The second-order valence-corrected chi connectivity index (χ2v) is 3.44. The molecule has 0 saturated carbocycles. The SMILES string of the molecule is CC(C)OCc1[nH]c(=O)[nH]c(=O)c1Cl. The first-order valence-electron chi connectivity index (χ1n) is 4.13. The van der Waals surface area contributed by atoms with E-state index >= 15 is 0 Å². The van der Waals surface area contributed by atoms with Crippen molar-refractivity contribution in [2.45, 2.75) is 26.6 Å². The van der Waals surface area contributed by atoms with E-state index in [0.29, 0.717) is 5.69 Å². The number of hydrogen-bond acceptors (Lipinski definition) is 3. The van der Waals surface area contributed by atoms with Gasteiger partial charge >= 0.3 is 5.69 Å². The number of aromatic nitrogens is 2. The van der Waals surface area contributed by atoms with Gasteiger partial charge in [-0.2, -0.15) is 0 Å². The lowest BCUT2D eigenvalue weighted by Crippen LogP contribution is -2.25. The Hall–Kier alpha value is -1.07. The maximum Gasteiger partial charge on any atom is 0.326 e. The molecule has 0 saturated heterocycles. The minimum atomic E-state index is -0.599. The smallest absolute Gasteiger partial charge is 0.326 e. The quantitative estimate of drug-likeness (QED) is 0.782. The summed E-state index contributed by atoms with van der Waals surface area (Å²) in [6, 6.07) is 0. The Balaban J connectivity index is 2.97. The van der Waals surface area contributed by atoms with Crippen molar-refractivity contribution in [3.05, 3.63) is 31.6 Å². The predicted octanol–water partition coefficient (Wildman–Crippen LogP) is 0.642. The minimum absolute atomic E-state index is 0.00820. The normalized spacial score (nSPS) is 10.9. The highest BCUT2D eigenvalue weighted by Gasteiger charge is 2.07. The van der Waals surface area contributed by atoms with Crippen molar-refractivity contribution in [2.75, 3.05) is 0 Å². The van der Waals surface area contributed by atoms with Gasteiger partial charge in [0.2, 0.25) is 0 Å². The Morgan fingerprint density at radius 2 is 2.00 bits per heavy atom. The van der Waals surface area contributed by atoms with Crippen LogP contribution < -0.4 is 11.2 Å². The molecule has 0 aromatic carbocycles. The number of aromatic amines is 2. The summed E-state index contributed by atoms with van der Waals surface area (Å²) in [4.78, 5) is 26.3. The molecule has 1 rings (SSSR count). The Morgan fingerprint density at radius 1 is 1.36 bits per heavy atom. The van der Waals surface area contributed by atoms with Gasteiger partial charge in [0.25, 0.3) is 5.56 Å². The zero-order chi connectivity index (χ0) is 10.7. The molecule has 0 radical (unpaired) electrons. The summed E-state index contributed by atoms with van der Waals surface area (Å²) in [5.41, 5.74) is -0.881. The fraction of sp³-hybridized carbons (Fsp3) is 0.500. The highest BCUT2D eigenvalue weighted by molar-refractivity contribution is 6.30. The standard InChI is InChI=1S/C8H11ClN2O3/c1-4(2)14-3-5-6(9)7(12)11-8(13)10-5/h4H,3H2,1-2H3,(H2,10,11,12,13). The minimum Gasteiger partial charge on any atom is -0.373 e. The average molecular weight is 219 g/mol. The molecule has 0 aliphatic heterocycles. The highest BCUT2D eigenvalue weighted by atomic mass is 35.5. The molecule has 6 heteroatoms. The van der Waals surface area contributed by atoms with E-state index in [1.807, 2.05) is 18.8 Å². The zero-order valence-corrected chi connectivity index (χ0v) is 8.64. The molecule has 1 aromatic rings. The van der Waals surface area contributed by atoms with Crippen LogP contribution in [-0.2, 0) is 11.3 Å². The van der Waals surface area contributed by atoms with Crippen LogP contribution in [0.5, 0.6) is 0 Å². The molecule has 78 valence electrons. The summed E-state index contributed by atoms with van der Waals surface area (Å²) in [7, 11) is 0. The lowest BCUT2D eigenvalue weighted by atomic mass is 10.4. The van der Waals surface area contributed by atoms with Crippen molar-refractivity contribution in [3.8, 4) is 0 Å². The van der Waals surface area contributed by atoms with Crippen LogP contribution in [0.3, 0.4) is 0 Å². The Bertz CT molecular complexity index is 421. The number of H-pyrrole nitrogens is 2. The van der Waals surface area contributed by atoms with Gasteiger partial charge in [-0.1, -0.05) is 11.6 Å². The summed E-state index contributed by atoms with van der Waals surface area (Å²) in [6.07, 6.45) is 0.00820. The van der Waals surface area contributed by atoms with Crippen molar-refractivity contribution in [1.29, 1.82) is 0 Å². The van der Waals surface area contributed by atoms with Crippen LogP contribution in [0.25, 0.3) is 0 Å². The molecule has 5 nitrogen and oxygen atoms in total. The first-order valence-corrected chi connectivity index (χ1v) is 4.51. The van der Waals surface area contributed by atoms with E-state index < -0.39 is 11.2 Å². The van der Waals surface area contributed by atoms with Gasteiger partial charge in [-0.15, -0.1) is 0 Å². The molecule has 0 aliphatic rings. The molecule has 0 unspecified atom stereocenters. The number of nitrogens with one attached hydrogen (secondary N) is 2. The fourth-order valence-corrected chi connectivity index (χ4v) is 1.02. The molecule has 0 amide bonds. The van der Waals surface area contributed by atoms with Crippen LogP contribution in [-0.4, -0.2) is 16.1 Å². The fourth-order valence-electron chi connectivity index (χ4n) is 0.868. The van der Waals surface area contributed by atoms with E-state index in [9.17, 15) is 9.59 Å². The molecular weight excluding hydrogens is 208 g/mol. The molecular formula is C8H11ClN2O3. The van der Waals surface area contributed by atoms with Gasteiger partial charge in [-0.3, -0.25) is 9.78 Å². The Kier molecular flexibility index (Phi) is 3.49. The Labute approximate surface area is 85.1 Å². The zero-order valence-electron chi connectivity index (χ0n) is 7.89. The van der Waals surface area contributed by atoms with Crippen LogP contribution in [0, 0.1) is 0 Å². The third-order valence-corrected chi connectivity index (χ3v) is 1.92. The molecule has 0 atom stereocenters. The van der Waals surface area contributed by atoms with Crippen LogP contribution >= 0.6 is 11.6 Å². The van der Waals surface area contributed by atoms with E-state index in [-0.39, 0.29) is 17.7 Å². The Morgan fingerprint density at radius 3 is 2.57 bits per heavy atom. The third-order valence-electron chi connectivity index (χ3n) is 1.52. The molecule has 0 aliphatic carbocycles. The summed E-state index contributed by atoms with van der Waals surface area (Å²) in [5.74, 6) is 0. The first-order chi connectivity index (χ1) is 6.50. The first kappa shape index (κ1) is 11.0. The highest BCUT2D eigenvalue weighted by Crippen LogP contribution is 2.07. The van der Waals surface area contributed by atoms with Crippen LogP contribution in [0.1, 0.15) is 19.5 Å². The van der Waals surface area contributed by atoms with E-state index in [0.717, 1.165) is 0 Å². The summed E-state index contributed by atoms with van der Waals surface area (Å²) in [5, 5.41) is -0.0368. The number of halogens is 1. The van der Waals surface area contributed by atoms with Crippen LogP contribution in [0.2, 0.25) is 5.02 Å². The summed E-state index contributed by atoms with van der Waals surface area (Å²) in [6.45, 7) is 3.81. The van der Waals surface area contributed by atoms with E-state index in [1.54, 1.807) is 0 Å². The maximum absolute atomic E-state index is 11.0. The van der Waals surface area contributed by atoms with Crippen molar-refractivity contribution in [3.63, 3.8) is 0 Å². The molecule has 0 spiro atoms. The molecule has 0 fully saturated rings. The van der Waals surface area contributed by atoms with Gasteiger partial charge in [0.1, 0.15) is 5.02 Å². The average Bonchev–Trinajstić information content (AvgIpc) is 2.08. The van der Waals surface area contributed by atoms with Crippen molar-refractivity contribution in [2.24, 2.45) is 0 Å². The number of ether oxygens (including phenoxy) is 1. The number of rotatable bonds is 3. The van der Waals surface area contributed by atoms with Gasteiger partial charge in [-0.25, -0.2) is 4.79 Å². The molecule has 0 bridgehead atoms. The van der Waals surface area contributed by atoms with Gasteiger partial charge in [0, 0.05) is 0 Å².